The van der Waals surface area contributed by atoms with Crippen molar-refractivity contribution in [3.05, 3.63) is 255 Å². The minimum atomic E-state index is 1.11. The van der Waals surface area contributed by atoms with E-state index in [-0.39, 0.29) is 0 Å². The summed E-state index contributed by atoms with van der Waals surface area (Å²) in [6.07, 6.45) is 0. The molecule has 0 radical (unpaired) electrons. The molecule has 0 bridgehead atoms. The number of hydrogen-bond donors (Lipinski definition) is 0. The SMILES string of the molecule is c1ccc(-c2ccc3c(c2)c2cc(-n4c5ccccc5c5cc(-c6ccc(-n7c8ccccc8c8ccccc87)cc6)cc(-n6c7ccccc7c7ccccc76)c54)ccc2n3-c2ccccc2)cc1. The van der Waals surface area contributed by atoms with Crippen LogP contribution in [0.15, 0.2) is 255 Å². The third kappa shape index (κ3) is 5.65. The molecular formula is C66H42N4. The molecule has 70 heavy (non-hydrogen) atoms. The van der Waals surface area contributed by atoms with Crippen LogP contribution >= 0.6 is 0 Å². The van der Waals surface area contributed by atoms with Crippen molar-refractivity contribution in [2.75, 3.05) is 0 Å². The van der Waals surface area contributed by atoms with E-state index in [0.717, 1.165) is 44.9 Å². The van der Waals surface area contributed by atoms with Gasteiger partial charge >= 0.3 is 0 Å². The molecule has 4 nitrogen and oxygen atoms in total. The summed E-state index contributed by atoms with van der Waals surface area (Å²) >= 11 is 0. The average Bonchev–Trinajstić information content (AvgIpc) is 4.16. The minimum Gasteiger partial charge on any atom is -0.309 e. The largest absolute Gasteiger partial charge is 0.309 e. The van der Waals surface area contributed by atoms with Crippen LogP contribution in [0.1, 0.15) is 0 Å². The van der Waals surface area contributed by atoms with Gasteiger partial charge in [-0.1, -0.05) is 158 Å². The number of hydrogen-bond acceptors (Lipinski definition) is 0. The monoisotopic (exact) mass is 890 g/mol. The molecule has 0 aliphatic heterocycles. The molecule has 15 aromatic rings. The molecule has 0 saturated carbocycles. The lowest BCUT2D eigenvalue weighted by Gasteiger charge is -2.17. The first kappa shape index (κ1) is 38.7. The van der Waals surface area contributed by atoms with Gasteiger partial charge in [0, 0.05) is 60.2 Å². The van der Waals surface area contributed by atoms with Gasteiger partial charge in [0.15, 0.2) is 0 Å². The topological polar surface area (TPSA) is 19.7 Å². The van der Waals surface area contributed by atoms with E-state index in [9.17, 15) is 0 Å². The maximum Gasteiger partial charge on any atom is 0.0782 e. The molecule has 0 N–H and O–H groups in total. The fraction of sp³-hybridized carbons (Fsp3) is 0. The van der Waals surface area contributed by atoms with E-state index in [1.165, 1.54) is 87.3 Å². The van der Waals surface area contributed by atoms with E-state index in [0.29, 0.717) is 0 Å². The lowest BCUT2D eigenvalue weighted by molar-refractivity contribution is 1.13. The summed E-state index contributed by atoms with van der Waals surface area (Å²) in [6, 6.07) is 93.6. The Balaban J connectivity index is 1.01. The van der Waals surface area contributed by atoms with Crippen LogP contribution in [0.5, 0.6) is 0 Å². The first-order valence-corrected chi connectivity index (χ1v) is 24.1. The number of rotatable bonds is 6. The molecule has 0 saturated heterocycles. The quantitative estimate of drug-likeness (QED) is 0.158. The molecular weight excluding hydrogens is 849 g/mol. The van der Waals surface area contributed by atoms with Crippen LogP contribution < -0.4 is 0 Å². The summed E-state index contributed by atoms with van der Waals surface area (Å²) in [5.41, 5.74) is 18.7. The Morgan fingerprint density at radius 3 is 1.13 bits per heavy atom. The van der Waals surface area contributed by atoms with Crippen molar-refractivity contribution in [2.24, 2.45) is 0 Å². The standard InChI is InChI=1S/C66H42N4/c1-3-17-43(18-4-1)45-33-37-63-55(39-45)56-42-49(36-38-64(56)67(63)47-19-5-2-6-20-47)69-60-28-14-11-25-54(60)57-40-46(41-65(66(57)69)70-61-29-15-9-23-52(61)53-24-10-16-30-62(53)70)44-31-34-48(35-32-44)68-58-26-12-7-21-50(58)51-22-8-13-27-59(51)68/h1-42H. The Kier molecular flexibility index (Phi) is 8.33. The molecule has 0 amide bonds. The fourth-order valence-corrected chi connectivity index (χ4v) is 11.7. The molecule has 11 aromatic carbocycles. The predicted molar refractivity (Wildman–Crippen MR) is 295 cm³/mol. The van der Waals surface area contributed by atoms with Crippen molar-refractivity contribution in [1.29, 1.82) is 0 Å². The van der Waals surface area contributed by atoms with E-state index in [1.54, 1.807) is 0 Å². The highest BCUT2D eigenvalue weighted by molar-refractivity contribution is 6.17. The van der Waals surface area contributed by atoms with Gasteiger partial charge in [-0.2, -0.15) is 0 Å². The highest BCUT2D eigenvalue weighted by Gasteiger charge is 2.23. The van der Waals surface area contributed by atoms with Crippen LogP contribution in [0.3, 0.4) is 0 Å². The van der Waals surface area contributed by atoms with Crippen LogP contribution in [0.4, 0.5) is 0 Å². The molecule has 15 rings (SSSR count). The molecule has 0 fully saturated rings. The number of nitrogens with zero attached hydrogens (tertiary/aromatic N) is 4. The zero-order valence-electron chi connectivity index (χ0n) is 38.0. The zero-order valence-corrected chi connectivity index (χ0v) is 38.0. The second-order valence-corrected chi connectivity index (χ2v) is 18.5. The number of benzene rings is 11. The molecule has 0 spiro atoms. The van der Waals surface area contributed by atoms with Gasteiger partial charge in [-0.3, -0.25) is 0 Å². The van der Waals surface area contributed by atoms with Crippen molar-refractivity contribution >= 4 is 87.2 Å². The Bertz CT molecular complexity index is 4460. The maximum atomic E-state index is 2.52. The molecule has 326 valence electrons. The Morgan fingerprint density at radius 1 is 0.186 bits per heavy atom. The molecule has 4 heterocycles. The molecule has 0 atom stereocenters. The molecule has 0 unspecified atom stereocenters. The number of fused-ring (bicyclic) bond motifs is 12. The summed E-state index contributed by atoms with van der Waals surface area (Å²) in [5, 5.41) is 9.83. The fourth-order valence-electron chi connectivity index (χ4n) is 11.7. The second-order valence-electron chi connectivity index (χ2n) is 18.5. The molecule has 4 aromatic heterocycles. The highest BCUT2D eigenvalue weighted by atomic mass is 15.1. The van der Waals surface area contributed by atoms with Gasteiger partial charge in [0.05, 0.1) is 49.8 Å². The Morgan fingerprint density at radius 2 is 0.557 bits per heavy atom. The lowest BCUT2D eigenvalue weighted by atomic mass is 10.0. The van der Waals surface area contributed by atoms with Gasteiger partial charge in [-0.25, -0.2) is 0 Å². The third-order valence-corrected chi connectivity index (χ3v) is 14.7. The minimum absolute atomic E-state index is 1.11. The van der Waals surface area contributed by atoms with Crippen molar-refractivity contribution in [1.82, 2.24) is 18.3 Å². The number of aromatic nitrogens is 4. The van der Waals surface area contributed by atoms with Crippen molar-refractivity contribution in [3.63, 3.8) is 0 Å². The van der Waals surface area contributed by atoms with Gasteiger partial charge in [0.25, 0.3) is 0 Å². The van der Waals surface area contributed by atoms with Crippen molar-refractivity contribution < 1.29 is 0 Å². The molecule has 4 heteroatoms. The van der Waals surface area contributed by atoms with Crippen LogP contribution in [-0.2, 0) is 0 Å². The summed E-state index contributed by atoms with van der Waals surface area (Å²) in [4.78, 5) is 0. The smallest absolute Gasteiger partial charge is 0.0782 e. The summed E-state index contributed by atoms with van der Waals surface area (Å²) in [5.74, 6) is 0. The van der Waals surface area contributed by atoms with Crippen LogP contribution in [0, 0.1) is 0 Å². The summed E-state index contributed by atoms with van der Waals surface area (Å²) in [6.45, 7) is 0. The van der Waals surface area contributed by atoms with Gasteiger partial charge in [0.2, 0.25) is 0 Å². The first-order chi connectivity index (χ1) is 34.7. The lowest BCUT2D eigenvalue weighted by Crippen LogP contribution is -2.01. The van der Waals surface area contributed by atoms with E-state index in [1.807, 2.05) is 0 Å². The van der Waals surface area contributed by atoms with E-state index in [2.05, 4.69) is 273 Å². The average molecular weight is 891 g/mol. The zero-order chi connectivity index (χ0) is 45.9. The third-order valence-electron chi connectivity index (χ3n) is 14.7. The number of para-hydroxylation sites is 6. The maximum absolute atomic E-state index is 2.52. The van der Waals surface area contributed by atoms with Gasteiger partial charge in [-0.05, 0) is 119 Å². The summed E-state index contributed by atoms with van der Waals surface area (Å²) in [7, 11) is 0. The first-order valence-electron chi connectivity index (χ1n) is 24.1. The van der Waals surface area contributed by atoms with E-state index < -0.39 is 0 Å². The van der Waals surface area contributed by atoms with Crippen LogP contribution in [0.2, 0.25) is 0 Å². The highest BCUT2D eigenvalue weighted by Crippen LogP contribution is 2.44. The van der Waals surface area contributed by atoms with Crippen LogP contribution in [0.25, 0.3) is 132 Å². The van der Waals surface area contributed by atoms with Crippen molar-refractivity contribution in [2.45, 2.75) is 0 Å². The summed E-state index contributed by atoms with van der Waals surface area (Å²) < 4.78 is 9.83. The van der Waals surface area contributed by atoms with Gasteiger partial charge in [-0.15, -0.1) is 0 Å². The van der Waals surface area contributed by atoms with E-state index >= 15 is 0 Å². The normalized spacial score (nSPS) is 12.0. The Labute approximate surface area is 403 Å². The molecule has 0 aliphatic rings. The second kappa shape index (κ2) is 15.1. The van der Waals surface area contributed by atoms with E-state index in [4.69, 9.17) is 0 Å². The van der Waals surface area contributed by atoms with Gasteiger partial charge in [0.1, 0.15) is 0 Å². The van der Waals surface area contributed by atoms with Gasteiger partial charge < -0.3 is 18.3 Å². The molecule has 0 aliphatic carbocycles. The Hall–Kier alpha value is -9.38. The predicted octanol–water partition coefficient (Wildman–Crippen LogP) is 17.4. The van der Waals surface area contributed by atoms with Crippen LogP contribution in [-0.4, -0.2) is 18.3 Å². The van der Waals surface area contributed by atoms with Crippen molar-refractivity contribution in [3.8, 4) is 45.0 Å².